The normalized spacial score (nSPS) is 24.5. The molecule has 1 unspecified atom stereocenters. The van der Waals surface area contributed by atoms with E-state index in [1.807, 2.05) is 55.5 Å². The van der Waals surface area contributed by atoms with Gasteiger partial charge in [-0.3, -0.25) is 9.59 Å². The van der Waals surface area contributed by atoms with Gasteiger partial charge in [-0.1, -0.05) is 46.3 Å². The van der Waals surface area contributed by atoms with E-state index in [2.05, 4.69) is 21.2 Å². The summed E-state index contributed by atoms with van der Waals surface area (Å²) in [4.78, 5) is 31.1. The van der Waals surface area contributed by atoms with E-state index in [0.717, 1.165) is 64.3 Å². The Morgan fingerprint density at radius 3 is 2.53 bits per heavy atom. The number of benzene rings is 2. The van der Waals surface area contributed by atoms with Crippen LogP contribution in [0.25, 0.3) is 22.2 Å². The molecule has 1 N–H and O–H groups in total. The van der Waals surface area contributed by atoms with Gasteiger partial charge in [0.2, 0.25) is 5.24 Å². The predicted octanol–water partition coefficient (Wildman–Crippen LogP) is 6.42. The molecular weight excluding hydrogens is 488 g/mol. The Morgan fingerprint density at radius 2 is 1.84 bits per heavy atom. The van der Waals surface area contributed by atoms with E-state index in [1.54, 1.807) is 0 Å². The molecule has 3 fully saturated rings. The minimum atomic E-state index is -0.647. The summed E-state index contributed by atoms with van der Waals surface area (Å²) in [7, 11) is 0. The van der Waals surface area contributed by atoms with Gasteiger partial charge in [0.05, 0.1) is 22.2 Å². The van der Waals surface area contributed by atoms with Crippen LogP contribution in [-0.2, 0) is 4.79 Å². The standard InChI is InChI=1S/C26H24BrClN2O2/c1-15-22(24(31)30-21-13-16-9-11-26(21,12-10-16)25(28)32)19-14-18(27)7-8-20(19)29-23(15)17-5-3-2-4-6-17/h2-8,14,16,21H,9-13H2,1H3,(H,30,31). The number of fused-ring (bicyclic) bond motifs is 4. The van der Waals surface area contributed by atoms with E-state index < -0.39 is 5.41 Å². The maximum atomic E-state index is 13.8. The highest BCUT2D eigenvalue weighted by Gasteiger charge is 2.52. The molecule has 32 heavy (non-hydrogen) atoms. The van der Waals surface area contributed by atoms with E-state index in [1.165, 1.54) is 0 Å². The first-order chi connectivity index (χ1) is 15.4. The Kier molecular flexibility index (Phi) is 5.58. The minimum Gasteiger partial charge on any atom is -0.348 e. The number of hydrogen-bond donors (Lipinski definition) is 1. The molecule has 1 heterocycles. The zero-order chi connectivity index (χ0) is 22.5. The van der Waals surface area contributed by atoms with Crippen LogP contribution in [0.4, 0.5) is 0 Å². The molecule has 0 aliphatic heterocycles. The number of hydrogen-bond acceptors (Lipinski definition) is 3. The molecule has 2 bridgehead atoms. The van der Waals surface area contributed by atoms with Crippen LogP contribution < -0.4 is 5.32 Å². The van der Waals surface area contributed by atoms with Crippen LogP contribution in [0.3, 0.4) is 0 Å². The van der Waals surface area contributed by atoms with Gasteiger partial charge in [0.25, 0.3) is 5.91 Å². The highest BCUT2D eigenvalue weighted by molar-refractivity contribution is 9.10. The molecular formula is C26H24BrClN2O2. The lowest BCUT2D eigenvalue weighted by atomic mass is 9.58. The third-order valence-electron chi connectivity index (χ3n) is 7.39. The highest BCUT2D eigenvalue weighted by atomic mass is 79.9. The maximum absolute atomic E-state index is 13.8. The molecule has 1 atom stereocenters. The fourth-order valence-electron chi connectivity index (χ4n) is 5.60. The average molecular weight is 512 g/mol. The van der Waals surface area contributed by atoms with Gasteiger partial charge in [0, 0.05) is 21.5 Å². The molecule has 0 radical (unpaired) electrons. The van der Waals surface area contributed by atoms with Gasteiger partial charge in [-0.15, -0.1) is 0 Å². The van der Waals surface area contributed by atoms with Gasteiger partial charge < -0.3 is 5.32 Å². The van der Waals surface area contributed by atoms with Gasteiger partial charge in [-0.25, -0.2) is 4.98 Å². The van der Waals surface area contributed by atoms with Crippen molar-refractivity contribution in [2.75, 3.05) is 0 Å². The van der Waals surface area contributed by atoms with Crippen LogP contribution in [0.1, 0.15) is 48.0 Å². The van der Waals surface area contributed by atoms with Gasteiger partial charge in [0.1, 0.15) is 0 Å². The second kappa shape index (κ2) is 8.27. The maximum Gasteiger partial charge on any atom is 0.252 e. The summed E-state index contributed by atoms with van der Waals surface area (Å²) in [5.74, 6) is 0.377. The first-order valence-corrected chi connectivity index (χ1v) is 12.2. The Morgan fingerprint density at radius 1 is 1.12 bits per heavy atom. The number of pyridine rings is 1. The number of aromatic nitrogens is 1. The number of nitrogens with one attached hydrogen (secondary N) is 1. The first-order valence-electron chi connectivity index (χ1n) is 11.0. The highest BCUT2D eigenvalue weighted by Crippen LogP contribution is 2.51. The van der Waals surface area contributed by atoms with Crippen LogP contribution in [0.5, 0.6) is 0 Å². The van der Waals surface area contributed by atoms with Crippen molar-refractivity contribution in [1.82, 2.24) is 10.3 Å². The lowest BCUT2D eigenvalue weighted by Gasteiger charge is -2.50. The van der Waals surface area contributed by atoms with E-state index in [4.69, 9.17) is 16.6 Å². The lowest BCUT2D eigenvalue weighted by Crippen LogP contribution is -2.57. The van der Waals surface area contributed by atoms with Crippen molar-refractivity contribution >= 4 is 49.6 Å². The third-order valence-corrected chi connectivity index (χ3v) is 8.26. The van der Waals surface area contributed by atoms with Crippen molar-refractivity contribution in [3.63, 3.8) is 0 Å². The van der Waals surface area contributed by atoms with E-state index >= 15 is 0 Å². The van der Waals surface area contributed by atoms with Crippen LogP contribution in [0.2, 0.25) is 0 Å². The number of halogens is 2. The summed E-state index contributed by atoms with van der Waals surface area (Å²) in [6.07, 6.45) is 4.32. The van der Waals surface area contributed by atoms with Crippen molar-refractivity contribution in [2.45, 2.75) is 45.1 Å². The van der Waals surface area contributed by atoms with E-state index in [0.29, 0.717) is 11.5 Å². The molecule has 6 rings (SSSR count). The molecule has 0 saturated heterocycles. The molecule has 6 heteroatoms. The third kappa shape index (κ3) is 3.56. The quantitative estimate of drug-likeness (QED) is 0.411. The number of carbonyl (C=O) groups excluding carboxylic acids is 2. The Balaban J connectivity index is 1.61. The van der Waals surface area contributed by atoms with E-state index in [-0.39, 0.29) is 17.2 Å². The molecule has 2 aromatic carbocycles. The Bertz CT molecular complexity index is 1220. The largest absolute Gasteiger partial charge is 0.348 e. The fraction of sp³-hybridized carbons (Fsp3) is 0.346. The summed E-state index contributed by atoms with van der Waals surface area (Å²) in [5, 5.41) is 3.71. The average Bonchev–Trinajstić information content (AvgIpc) is 2.80. The monoisotopic (exact) mass is 510 g/mol. The number of nitrogens with zero attached hydrogens (tertiary/aromatic N) is 1. The van der Waals surface area contributed by atoms with Gasteiger partial charge in [-0.2, -0.15) is 0 Å². The second-order valence-corrected chi connectivity index (χ2v) is 10.4. The number of carbonyl (C=O) groups is 2. The summed E-state index contributed by atoms with van der Waals surface area (Å²) in [5.41, 5.74) is 3.30. The minimum absolute atomic E-state index is 0.167. The summed E-state index contributed by atoms with van der Waals surface area (Å²) in [6.45, 7) is 1.94. The SMILES string of the molecule is Cc1c(-c2ccccc2)nc2ccc(Br)cc2c1C(=O)NC1CC2CCC1(C(=O)Cl)CC2. The van der Waals surface area contributed by atoms with Crippen LogP contribution in [0, 0.1) is 18.3 Å². The zero-order valence-electron chi connectivity index (χ0n) is 17.8. The van der Waals surface area contributed by atoms with Crippen molar-refractivity contribution in [3.8, 4) is 11.3 Å². The molecule has 164 valence electrons. The topological polar surface area (TPSA) is 59.1 Å². The fourth-order valence-corrected chi connectivity index (χ4v) is 6.28. The van der Waals surface area contributed by atoms with Crippen molar-refractivity contribution in [2.24, 2.45) is 11.3 Å². The van der Waals surface area contributed by atoms with Gasteiger partial charge in [-0.05, 0) is 80.3 Å². The van der Waals surface area contributed by atoms with E-state index in [9.17, 15) is 9.59 Å². The van der Waals surface area contributed by atoms with Crippen molar-refractivity contribution in [3.05, 3.63) is 64.1 Å². The number of amides is 1. The molecule has 1 amide bonds. The van der Waals surface area contributed by atoms with Gasteiger partial charge >= 0.3 is 0 Å². The lowest BCUT2D eigenvalue weighted by molar-refractivity contribution is -0.128. The molecule has 0 spiro atoms. The molecule has 3 aliphatic carbocycles. The smallest absolute Gasteiger partial charge is 0.252 e. The summed E-state index contributed by atoms with van der Waals surface area (Å²) < 4.78 is 0.886. The molecule has 1 aromatic heterocycles. The van der Waals surface area contributed by atoms with Crippen LogP contribution in [0.15, 0.2) is 53.0 Å². The Labute approximate surface area is 200 Å². The second-order valence-electron chi connectivity index (χ2n) is 9.12. The van der Waals surface area contributed by atoms with Crippen molar-refractivity contribution < 1.29 is 9.59 Å². The molecule has 4 nitrogen and oxygen atoms in total. The van der Waals surface area contributed by atoms with Crippen molar-refractivity contribution in [1.29, 1.82) is 0 Å². The first kappa shape index (κ1) is 21.6. The molecule has 3 aromatic rings. The molecule has 3 aliphatic rings. The van der Waals surface area contributed by atoms with Crippen LogP contribution >= 0.6 is 27.5 Å². The number of rotatable bonds is 4. The Hall–Kier alpha value is -2.24. The van der Waals surface area contributed by atoms with Gasteiger partial charge in [0.15, 0.2) is 0 Å². The van der Waals surface area contributed by atoms with Crippen LogP contribution in [-0.4, -0.2) is 22.2 Å². The zero-order valence-corrected chi connectivity index (χ0v) is 20.2. The predicted molar refractivity (Wildman–Crippen MR) is 131 cm³/mol. The summed E-state index contributed by atoms with van der Waals surface area (Å²) >= 11 is 9.64. The molecule has 3 saturated carbocycles. The summed E-state index contributed by atoms with van der Waals surface area (Å²) in [6, 6.07) is 15.5.